The first-order chi connectivity index (χ1) is 6.63. The monoisotopic (exact) mass is 236 g/mol. The van der Waals surface area contributed by atoms with Crippen LogP contribution in [-0.2, 0) is 4.79 Å². The quantitative estimate of drug-likeness (QED) is 0.591. The van der Waals surface area contributed by atoms with Crippen LogP contribution < -0.4 is 34.7 Å². The molecule has 1 aromatic carbocycles. The van der Waals surface area contributed by atoms with Crippen LogP contribution in [0.3, 0.4) is 0 Å². The Bertz CT molecular complexity index is 313. The van der Waals surface area contributed by atoms with E-state index < -0.39 is 11.9 Å². The van der Waals surface area contributed by atoms with Crippen LogP contribution >= 0.6 is 11.6 Å². The molecule has 0 heterocycles. The Morgan fingerprint density at radius 3 is 2.33 bits per heavy atom. The Kier molecular flexibility index (Phi) is 7.22. The standard InChI is InChI=1S/C10H11ClO3.Na/c11-9-3-1-7(2-4-9)8(6-12)5-10(13)14;/h1-4,8,12H,5-6H2,(H,13,14);/q;+1/p-1/t8-;/m0./s1. The number of carboxylic acid groups (broad SMARTS) is 1. The molecule has 0 aromatic heterocycles. The van der Waals surface area contributed by atoms with E-state index in [0.717, 1.165) is 5.56 Å². The van der Waals surface area contributed by atoms with Gasteiger partial charge in [-0.2, -0.15) is 0 Å². The maximum absolute atomic E-state index is 10.4. The third kappa shape index (κ3) is 5.00. The van der Waals surface area contributed by atoms with Crippen LogP contribution in [0.25, 0.3) is 0 Å². The zero-order valence-corrected chi connectivity index (χ0v) is 11.2. The van der Waals surface area contributed by atoms with Gasteiger partial charge in [0, 0.05) is 16.9 Å². The van der Waals surface area contributed by atoms with E-state index in [1.54, 1.807) is 24.3 Å². The van der Waals surface area contributed by atoms with Crippen molar-refractivity contribution < 1.29 is 44.6 Å². The van der Waals surface area contributed by atoms with Gasteiger partial charge in [-0.05, 0) is 24.1 Å². The summed E-state index contributed by atoms with van der Waals surface area (Å²) in [5.74, 6) is -1.59. The van der Waals surface area contributed by atoms with Crippen LogP contribution in [0.1, 0.15) is 17.9 Å². The van der Waals surface area contributed by atoms with E-state index in [-0.39, 0.29) is 42.6 Å². The molecule has 0 amide bonds. The molecule has 1 rings (SSSR count). The van der Waals surface area contributed by atoms with Gasteiger partial charge in [0.05, 0.1) is 6.61 Å². The Hall–Kier alpha value is -0.0600. The molecule has 1 N–H and O–H groups in total. The van der Waals surface area contributed by atoms with Crippen molar-refractivity contribution in [3.8, 4) is 0 Å². The molecule has 0 spiro atoms. The first-order valence-electron chi connectivity index (χ1n) is 4.19. The molecule has 3 nitrogen and oxygen atoms in total. The fourth-order valence-corrected chi connectivity index (χ4v) is 1.35. The summed E-state index contributed by atoms with van der Waals surface area (Å²) >= 11 is 5.67. The molecule has 0 radical (unpaired) electrons. The van der Waals surface area contributed by atoms with Crippen molar-refractivity contribution in [1.29, 1.82) is 0 Å². The maximum atomic E-state index is 10.4. The molecule has 0 aliphatic rings. The van der Waals surface area contributed by atoms with Gasteiger partial charge < -0.3 is 15.0 Å². The SMILES string of the molecule is O=C([O-])C[C@@H](CO)c1ccc(Cl)cc1.[Na+]. The molecule has 5 heteroatoms. The second-order valence-corrected chi connectivity index (χ2v) is 3.44. The number of benzene rings is 1. The molecule has 15 heavy (non-hydrogen) atoms. The van der Waals surface area contributed by atoms with Gasteiger partial charge in [-0.15, -0.1) is 0 Å². The van der Waals surface area contributed by atoms with Crippen molar-refractivity contribution in [2.75, 3.05) is 6.61 Å². The predicted molar refractivity (Wildman–Crippen MR) is 50.9 cm³/mol. The summed E-state index contributed by atoms with van der Waals surface area (Å²) in [6.45, 7) is -0.213. The number of rotatable bonds is 4. The van der Waals surface area contributed by atoms with E-state index in [1.165, 1.54) is 0 Å². The maximum Gasteiger partial charge on any atom is 1.00 e. The van der Waals surface area contributed by atoms with Crippen molar-refractivity contribution >= 4 is 17.6 Å². The summed E-state index contributed by atoms with van der Waals surface area (Å²) in [6.07, 6.45) is -0.182. The van der Waals surface area contributed by atoms with Crippen molar-refractivity contribution in [3.63, 3.8) is 0 Å². The van der Waals surface area contributed by atoms with Crippen molar-refractivity contribution in [3.05, 3.63) is 34.9 Å². The average molecular weight is 237 g/mol. The van der Waals surface area contributed by atoms with Gasteiger partial charge in [0.1, 0.15) is 0 Å². The number of aliphatic hydroxyl groups is 1. The van der Waals surface area contributed by atoms with E-state index in [9.17, 15) is 9.90 Å². The zero-order chi connectivity index (χ0) is 10.6. The topological polar surface area (TPSA) is 60.4 Å². The number of halogens is 1. The first kappa shape index (κ1) is 14.9. The predicted octanol–water partition coefficient (Wildman–Crippen LogP) is -2.44. The Morgan fingerprint density at radius 1 is 1.40 bits per heavy atom. The number of aliphatic hydroxyl groups excluding tert-OH is 1. The Balaban J connectivity index is 0.00000196. The fourth-order valence-electron chi connectivity index (χ4n) is 1.22. The van der Waals surface area contributed by atoms with Gasteiger partial charge in [0.25, 0.3) is 0 Å². The van der Waals surface area contributed by atoms with Crippen LogP contribution in [0.15, 0.2) is 24.3 Å². The second kappa shape index (κ2) is 7.25. The molecule has 0 aliphatic carbocycles. The minimum atomic E-state index is -1.17. The van der Waals surface area contributed by atoms with Crippen molar-refractivity contribution in [2.24, 2.45) is 0 Å². The van der Waals surface area contributed by atoms with Crippen LogP contribution in [0.2, 0.25) is 5.02 Å². The van der Waals surface area contributed by atoms with E-state index in [0.29, 0.717) is 5.02 Å². The van der Waals surface area contributed by atoms with Crippen LogP contribution in [0.5, 0.6) is 0 Å². The van der Waals surface area contributed by atoms with Gasteiger partial charge in [-0.1, -0.05) is 23.7 Å². The first-order valence-corrected chi connectivity index (χ1v) is 4.57. The normalized spacial score (nSPS) is 11.6. The van der Waals surface area contributed by atoms with Gasteiger partial charge in [-0.25, -0.2) is 0 Å². The van der Waals surface area contributed by atoms with Gasteiger partial charge in [0.15, 0.2) is 0 Å². The number of aliphatic carboxylic acids is 1. The molecule has 0 saturated carbocycles. The molecule has 0 unspecified atom stereocenters. The Labute approximate surface area is 115 Å². The van der Waals surface area contributed by atoms with Crippen LogP contribution in [0.4, 0.5) is 0 Å². The van der Waals surface area contributed by atoms with Gasteiger partial charge in [0.2, 0.25) is 0 Å². The largest absolute Gasteiger partial charge is 1.00 e. The molecule has 0 bridgehead atoms. The number of carbonyl (C=O) groups is 1. The minimum absolute atomic E-state index is 0. The minimum Gasteiger partial charge on any atom is -0.550 e. The molecule has 0 aliphatic heterocycles. The molecule has 76 valence electrons. The molecule has 0 saturated heterocycles. The molecule has 1 atom stereocenters. The average Bonchev–Trinajstić information content (AvgIpc) is 2.15. The van der Waals surface area contributed by atoms with Gasteiger partial charge >= 0.3 is 29.6 Å². The molecule has 1 aromatic rings. The van der Waals surface area contributed by atoms with E-state index in [4.69, 9.17) is 16.7 Å². The number of hydrogen-bond donors (Lipinski definition) is 1. The number of hydrogen-bond acceptors (Lipinski definition) is 3. The summed E-state index contributed by atoms with van der Waals surface area (Å²) in [5.41, 5.74) is 0.751. The number of carbonyl (C=O) groups excluding carboxylic acids is 1. The van der Waals surface area contributed by atoms with Crippen LogP contribution in [-0.4, -0.2) is 17.7 Å². The summed E-state index contributed by atoms with van der Waals surface area (Å²) in [4.78, 5) is 10.4. The third-order valence-corrected chi connectivity index (χ3v) is 2.23. The fraction of sp³-hybridized carbons (Fsp3) is 0.300. The third-order valence-electron chi connectivity index (χ3n) is 1.97. The summed E-state index contributed by atoms with van der Waals surface area (Å²) < 4.78 is 0. The van der Waals surface area contributed by atoms with Gasteiger partial charge in [-0.3, -0.25) is 0 Å². The number of carboxylic acids is 1. The smallest absolute Gasteiger partial charge is 0.550 e. The molecular formula is C10H10ClNaO3. The molecule has 0 fully saturated rings. The van der Waals surface area contributed by atoms with E-state index in [1.807, 2.05) is 0 Å². The van der Waals surface area contributed by atoms with E-state index >= 15 is 0 Å². The van der Waals surface area contributed by atoms with Crippen LogP contribution in [0, 0.1) is 0 Å². The van der Waals surface area contributed by atoms with E-state index in [2.05, 4.69) is 0 Å². The Morgan fingerprint density at radius 2 is 1.93 bits per heavy atom. The summed E-state index contributed by atoms with van der Waals surface area (Å²) in [6, 6.07) is 6.72. The van der Waals surface area contributed by atoms with Crippen molar-refractivity contribution in [2.45, 2.75) is 12.3 Å². The molecular weight excluding hydrogens is 227 g/mol. The second-order valence-electron chi connectivity index (χ2n) is 3.01. The summed E-state index contributed by atoms with van der Waals surface area (Å²) in [5, 5.41) is 19.9. The van der Waals surface area contributed by atoms with Crippen molar-refractivity contribution in [1.82, 2.24) is 0 Å². The zero-order valence-electron chi connectivity index (χ0n) is 8.44. The summed E-state index contributed by atoms with van der Waals surface area (Å²) in [7, 11) is 0.